The number of carbonyl (C=O) groups is 2. The molecule has 1 atom stereocenters. The maximum Gasteiger partial charge on any atom is 0.251 e. The molecule has 1 unspecified atom stereocenters. The number of hydrogen-bond donors (Lipinski definition) is 3. The predicted molar refractivity (Wildman–Crippen MR) is 130 cm³/mol. The Morgan fingerprint density at radius 2 is 2.03 bits per heavy atom. The van der Waals surface area contributed by atoms with E-state index in [1.54, 1.807) is 6.07 Å². The number of amides is 2. The van der Waals surface area contributed by atoms with Crippen molar-refractivity contribution in [3.05, 3.63) is 70.7 Å². The van der Waals surface area contributed by atoms with E-state index in [1.807, 2.05) is 35.2 Å². The summed E-state index contributed by atoms with van der Waals surface area (Å²) in [5, 5.41) is 7.59. The fourth-order valence-corrected chi connectivity index (χ4v) is 5.20. The van der Waals surface area contributed by atoms with Gasteiger partial charge in [-0.15, -0.1) is 0 Å². The minimum atomic E-state index is -0.189. The molecular weight excluding hydrogens is 431 g/mol. The van der Waals surface area contributed by atoms with Gasteiger partial charge in [-0.1, -0.05) is 18.2 Å². The molecular formula is C27H31FN4O2. The molecule has 6 nitrogen and oxygen atoms in total. The van der Waals surface area contributed by atoms with E-state index in [0.29, 0.717) is 37.2 Å². The van der Waals surface area contributed by atoms with Gasteiger partial charge in [0.1, 0.15) is 5.82 Å². The van der Waals surface area contributed by atoms with E-state index >= 15 is 0 Å². The molecule has 0 bridgehead atoms. The van der Waals surface area contributed by atoms with Crippen LogP contribution in [0.25, 0.3) is 10.9 Å². The number of halogens is 1. The Labute approximate surface area is 198 Å². The lowest BCUT2D eigenvalue weighted by molar-refractivity contribution is -0.127. The number of aromatic amines is 1. The van der Waals surface area contributed by atoms with Crippen LogP contribution in [0.15, 0.2) is 42.5 Å². The van der Waals surface area contributed by atoms with Crippen LogP contribution < -0.4 is 10.6 Å². The van der Waals surface area contributed by atoms with Crippen molar-refractivity contribution in [1.82, 2.24) is 20.5 Å². The molecule has 0 radical (unpaired) electrons. The second-order valence-electron chi connectivity index (χ2n) is 9.29. The number of benzene rings is 2. The van der Waals surface area contributed by atoms with Crippen LogP contribution in [0.4, 0.5) is 4.39 Å². The van der Waals surface area contributed by atoms with Crippen molar-refractivity contribution in [1.29, 1.82) is 0 Å². The highest BCUT2D eigenvalue weighted by molar-refractivity contribution is 5.99. The first-order valence-electron chi connectivity index (χ1n) is 12.3. The molecule has 0 saturated carbocycles. The Balaban J connectivity index is 1.24. The van der Waals surface area contributed by atoms with Gasteiger partial charge < -0.3 is 20.5 Å². The lowest BCUT2D eigenvalue weighted by Gasteiger charge is -2.24. The van der Waals surface area contributed by atoms with E-state index in [9.17, 15) is 14.0 Å². The number of H-pyrrole nitrogens is 1. The average Bonchev–Trinajstić information content (AvgIpc) is 3.44. The molecule has 2 heterocycles. The first-order chi connectivity index (χ1) is 16.6. The summed E-state index contributed by atoms with van der Waals surface area (Å²) in [6, 6.07) is 12.8. The average molecular weight is 463 g/mol. The SMILES string of the molecule is O=C(NCCCN1CCCC1=O)c1ccc2[nH]c3c(c2c1)CCCC3NCc1ccccc1F. The first-order valence-corrected chi connectivity index (χ1v) is 12.3. The number of carbonyl (C=O) groups excluding carboxylic acids is 2. The first kappa shape index (κ1) is 22.6. The topological polar surface area (TPSA) is 77.2 Å². The fourth-order valence-electron chi connectivity index (χ4n) is 5.20. The molecule has 1 aliphatic carbocycles. The fraction of sp³-hybridized carbons (Fsp3) is 0.407. The van der Waals surface area contributed by atoms with Crippen LogP contribution in [0, 0.1) is 5.82 Å². The Morgan fingerprint density at radius 1 is 1.15 bits per heavy atom. The van der Waals surface area contributed by atoms with Crippen LogP contribution in [-0.4, -0.2) is 41.3 Å². The molecule has 2 aliphatic rings. The second-order valence-corrected chi connectivity index (χ2v) is 9.29. The van der Waals surface area contributed by atoms with Crippen LogP contribution in [0.3, 0.4) is 0 Å². The Hall–Kier alpha value is -3.19. The third kappa shape index (κ3) is 4.71. The van der Waals surface area contributed by atoms with Gasteiger partial charge in [0.2, 0.25) is 5.91 Å². The maximum atomic E-state index is 14.0. The lowest BCUT2D eigenvalue weighted by Crippen LogP contribution is -2.30. The molecule has 1 aliphatic heterocycles. The zero-order chi connectivity index (χ0) is 23.5. The Kier molecular flexibility index (Phi) is 6.63. The number of aromatic nitrogens is 1. The van der Waals surface area contributed by atoms with E-state index < -0.39 is 0 Å². The van der Waals surface area contributed by atoms with E-state index in [1.165, 1.54) is 11.6 Å². The normalized spacial score (nSPS) is 17.9. The van der Waals surface area contributed by atoms with Crippen LogP contribution in [0.1, 0.15) is 65.3 Å². The van der Waals surface area contributed by atoms with Gasteiger partial charge in [0.25, 0.3) is 5.91 Å². The van der Waals surface area contributed by atoms with Gasteiger partial charge in [-0.05, 0) is 61.9 Å². The van der Waals surface area contributed by atoms with Gasteiger partial charge in [-0.2, -0.15) is 0 Å². The van der Waals surface area contributed by atoms with Crippen LogP contribution in [-0.2, 0) is 17.8 Å². The van der Waals surface area contributed by atoms with E-state index in [-0.39, 0.29) is 23.7 Å². The largest absolute Gasteiger partial charge is 0.357 e. The summed E-state index contributed by atoms with van der Waals surface area (Å²) in [6.07, 6.45) is 5.33. The lowest BCUT2D eigenvalue weighted by atomic mass is 9.91. The van der Waals surface area contributed by atoms with E-state index in [4.69, 9.17) is 0 Å². The van der Waals surface area contributed by atoms with Gasteiger partial charge in [0.15, 0.2) is 0 Å². The molecule has 3 N–H and O–H groups in total. The number of hydrogen-bond acceptors (Lipinski definition) is 3. The molecule has 7 heteroatoms. The zero-order valence-electron chi connectivity index (χ0n) is 19.3. The summed E-state index contributed by atoms with van der Waals surface area (Å²) in [6.45, 7) is 2.56. The van der Waals surface area contributed by atoms with Gasteiger partial charge >= 0.3 is 0 Å². The van der Waals surface area contributed by atoms with Crippen molar-refractivity contribution < 1.29 is 14.0 Å². The van der Waals surface area contributed by atoms with Crippen molar-refractivity contribution in [2.75, 3.05) is 19.6 Å². The highest BCUT2D eigenvalue weighted by Crippen LogP contribution is 2.35. The number of likely N-dealkylation sites (tertiary alicyclic amines) is 1. The third-order valence-corrected chi connectivity index (χ3v) is 7.03. The van der Waals surface area contributed by atoms with Gasteiger partial charge in [-0.25, -0.2) is 4.39 Å². The highest BCUT2D eigenvalue weighted by Gasteiger charge is 2.25. The van der Waals surface area contributed by atoms with Crippen LogP contribution in [0.2, 0.25) is 0 Å². The quantitative estimate of drug-likeness (QED) is 0.439. The standard InChI is InChI=1S/C27H31FN4O2/c28-22-8-2-1-6-19(22)17-30-24-9-3-7-20-21-16-18(11-12-23(21)31-26(20)24)27(34)29-13-5-15-32-14-4-10-25(32)33/h1-2,6,8,11-12,16,24,30-31H,3-5,7,9-10,13-15,17H2,(H,29,34). The van der Waals surface area contributed by atoms with E-state index in [0.717, 1.165) is 55.2 Å². The maximum absolute atomic E-state index is 14.0. The zero-order valence-corrected chi connectivity index (χ0v) is 19.3. The van der Waals surface area contributed by atoms with Crippen molar-refractivity contribution in [3.63, 3.8) is 0 Å². The van der Waals surface area contributed by atoms with Gasteiger partial charge in [0, 0.05) is 66.4 Å². The molecule has 5 rings (SSSR count). The van der Waals surface area contributed by atoms with Crippen LogP contribution in [0.5, 0.6) is 0 Å². The number of nitrogens with one attached hydrogen (secondary N) is 3. The number of fused-ring (bicyclic) bond motifs is 3. The Bertz CT molecular complexity index is 1200. The molecule has 178 valence electrons. The van der Waals surface area contributed by atoms with E-state index in [2.05, 4.69) is 15.6 Å². The summed E-state index contributed by atoms with van der Waals surface area (Å²) in [7, 11) is 0. The molecule has 3 aromatic rings. The molecule has 1 fully saturated rings. The van der Waals surface area contributed by atoms with Crippen molar-refractivity contribution in [3.8, 4) is 0 Å². The van der Waals surface area contributed by atoms with Gasteiger partial charge in [0.05, 0.1) is 0 Å². The van der Waals surface area contributed by atoms with Gasteiger partial charge in [-0.3, -0.25) is 9.59 Å². The highest BCUT2D eigenvalue weighted by atomic mass is 19.1. The number of nitrogens with zero attached hydrogens (tertiary/aromatic N) is 1. The summed E-state index contributed by atoms with van der Waals surface area (Å²) >= 11 is 0. The summed E-state index contributed by atoms with van der Waals surface area (Å²) in [4.78, 5) is 29.9. The molecule has 34 heavy (non-hydrogen) atoms. The minimum Gasteiger partial charge on any atom is -0.357 e. The second kappa shape index (κ2) is 9.97. The summed E-state index contributed by atoms with van der Waals surface area (Å²) in [5.41, 5.74) is 4.72. The van der Waals surface area contributed by atoms with Crippen molar-refractivity contribution in [2.45, 2.75) is 51.1 Å². The number of aryl methyl sites for hydroxylation is 1. The molecule has 1 saturated heterocycles. The monoisotopic (exact) mass is 462 g/mol. The minimum absolute atomic E-state index is 0.0883. The third-order valence-electron chi connectivity index (χ3n) is 7.03. The molecule has 0 spiro atoms. The summed E-state index contributed by atoms with van der Waals surface area (Å²) < 4.78 is 14.0. The predicted octanol–water partition coefficient (Wildman–Crippen LogP) is 4.22. The number of rotatable bonds is 8. The van der Waals surface area contributed by atoms with Crippen molar-refractivity contribution in [2.24, 2.45) is 0 Å². The molecule has 2 aromatic carbocycles. The molecule has 1 aromatic heterocycles. The summed E-state index contributed by atoms with van der Waals surface area (Å²) in [5.74, 6) is -0.0595. The molecule has 2 amide bonds. The smallest absolute Gasteiger partial charge is 0.251 e. The van der Waals surface area contributed by atoms with Crippen molar-refractivity contribution >= 4 is 22.7 Å². The Morgan fingerprint density at radius 3 is 2.85 bits per heavy atom. The van der Waals surface area contributed by atoms with Crippen LogP contribution >= 0.6 is 0 Å².